The van der Waals surface area contributed by atoms with Crippen molar-refractivity contribution in [3.05, 3.63) is 75.0 Å². The number of rotatable bonds is 8. The minimum Gasteiger partial charge on any atom is -0.503 e. The molecule has 2 aromatic rings. The number of carbonyl (C=O) groups excluding carboxylic acids is 2. The third-order valence-electron chi connectivity index (χ3n) is 5.17. The number of amides is 1. The highest BCUT2D eigenvalue weighted by atomic mass is 16.6. The zero-order chi connectivity index (χ0) is 22.7. The fraction of sp³-hybridized carbons (Fsp3) is 0.273. The molecule has 0 aliphatic carbocycles. The molecule has 0 bridgehead atoms. The van der Waals surface area contributed by atoms with Crippen molar-refractivity contribution in [3.63, 3.8) is 0 Å². The second-order valence-corrected chi connectivity index (χ2v) is 7.01. The van der Waals surface area contributed by atoms with Gasteiger partial charge in [0.05, 0.1) is 30.8 Å². The fourth-order valence-electron chi connectivity index (χ4n) is 3.68. The normalized spacial score (nSPS) is 15.9. The number of non-ortho nitro benzene ring substituents is 1. The first-order valence-corrected chi connectivity index (χ1v) is 9.48. The molecule has 0 fully saturated rings. The van der Waals surface area contributed by atoms with Gasteiger partial charge in [-0.05, 0) is 36.6 Å². The van der Waals surface area contributed by atoms with Gasteiger partial charge in [-0.1, -0.05) is 18.2 Å². The topological polar surface area (TPSA) is 119 Å². The van der Waals surface area contributed by atoms with Gasteiger partial charge in [-0.25, -0.2) is 0 Å². The smallest absolute Gasteiger partial charge is 0.290 e. The van der Waals surface area contributed by atoms with Crippen molar-refractivity contribution in [1.82, 2.24) is 4.90 Å². The first-order valence-electron chi connectivity index (χ1n) is 9.48. The van der Waals surface area contributed by atoms with Crippen molar-refractivity contribution >= 4 is 17.4 Å². The molecule has 0 saturated carbocycles. The standard InChI is InChI=1S/C22H22N2O7/c1-13(25)19-20(15-5-4-6-16(12-15)24(28)29)23(22(27)21(19)26)10-9-14-7-8-17(30-2)18(11-14)31-3/h4-8,11-12,20,26H,9-10H2,1-3H3. The van der Waals surface area contributed by atoms with Gasteiger partial charge in [-0.2, -0.15) is 0 Å². The van der Waals surface area contributed by atoms with Gasteiger partial charge < -0.3 is 19.5 Å². The van der Waals surface area contributed by atoms with E-state index in [0.717, 1.165) is 5.56 Å². The molecular formula is C22H22N2O7. The number of hydrogen-bond donors (Lipinski definition) is 1. The van der Waals surface area contributed by atoms with Crippen LogP contribution in [0.4, 0.5) is 5.69 Å². The maximum absolute atomic E-state index is 12.8. The number of benzene rings is 2. The van der Waals surface area contributed by atoms with E-state index in [-0.39, 0.29) is 17.8 Å². The first-order chi connectivity index (χ1) is 14.8. The number of aliphatic hydroxyl groups is 1. The van der Waals surface area contributed by atoms with Gasteiger partial charge in [0.15, 0.2) is 23.0 Å². The Bertz CT molecular complexity index is 1080. The molecular weight excluding hydrogens is 404 g/mol. The quantitative estimate of drug-likeness (QED) is 0.509. The highest BCUT2D eigenvalue weighted by molar-refractivity contribution is 6.08. The monoisotopic (exact) mass is 426 g/mol. The van der Waals surface area contributed by atoms with Crippen molar-refractivity contribution in [3.8, 4) is 11.5 Å². The highest BCUT2D eigenvalue weighted by Crippen LogP contribution is 2.39. The second-order valence-electron chi connectivity index (χ2n) is 7.01. The van der Waals surface area contributed by atoms with E-state index in [1.54, 1.807) is 18.2 Å². The number of nitro groups is 1. The Morgan fingerprint density at radius 3 is 2.48 bits per heavy atom. The molecule has 1 aliphatic heterocycles. The molecule has 0 aromatic heterocycles. The lowest BCUT2D eigenvalue weighted by atomic mass is 9.96. The van der Waals surface area contributed by atoms with Crippen LogP contribution in [0.15, 0.2) is 53.8 Å². The molecule has 3 rings (SSSR count). The highest BCUT2D eigenvalue weighted by Gasteiger charge is 2.42. The predicted molar refractivity (Wildman–Crippen MR) is 111 cm³/mol. The molecule has 1 aliphatic rings. The number of ketones is 1. The molecule has 0 spiro atoms. The van der Waals surface area contributed by atoms with Gasteiger partial charge in [-0.15, -0.1) is 0 Å². The van der Waals surface area contributed by atoms with E-state index in [1.165, 1.54) is 44.2 Å². The summed E-state index contributed by atoms with van der Waals surface area (Å²) in [6, 6.07) is 10.1. The summed E-state index contributed by atoms with van der Waals surface area (Å²) in [5.74, 6) is -0.695. The Kier molecular flexibility index (Phi) is 6.24. The van der Waals surface area contributed by atoms with E-state index in [0.29, 0.717) is 23.5 Å². The maximum Gasteiger partial charge on any atom is 0.290 e. The molecule has 0 saturated heterocycles. The molecule has 9 nitrogen and oxygen atoms in total. The average Bonchev–Trinajstić information content (AvgIpc) is 3.02. The van der Waals surface area contributed by atoms with Gasteiger partial charge in [0.2, 0.25) is 0 Å². The van der Waals surface area contributed by atoms with Gasteiger partial charge in [0, 0.05) is 18.7 Å². The Hall–Kier alpha value is -3.88. The van der Waals surface area contributed by atoms with E-state index in [9.17, 15) is 24.8 Å². The van der Waals surface area contributed by atoms with E-state index in [2.05, 4.69) is 0 Å². The van der Waals surface area contributed by atoms with E-state index in [4.69, 9.17) is 9.47 Å². The number of carbonyl (C=O) groups is 2. The molecule has 9 heteroatoms. The number of Topliss-reactive ketones (excluding diaryl/α,β-unsaturated/α-hetero) is 1. The van der Waals surface area contributed by atoms with Crippen LogP contribution in [0.3, 0.4) is 0 Å². The Morgan fingerprint density at radius 1 is 1.16 bits per heavy atom. The summed E-state index contributed by atoms with van der Waals surface area (Å²) in [7, 11) is 3.05. The SMILES string of the molecule is COc1ccc(CCN2C(=O)C(O)=C(C(C)=O)C2c2cccc([N+](=O)[O-])c2)cc1OC. The molecule has 1 unspecified atom stereocenters. The van der Waals surface area contributed by atoms with Gasteiger partial charge in [-0.3, -0.25) is 19.7 Å². The van der Waals surface area contributed by atoms with E-state index >= 15 is 0 Å². The molecule has 162 valence electrons. The van der Waals surface area contributed by atoms with Crippen molar-refractivity contribution in [2.75, 3.05) is 20.8 Å². The third-order valence-corrected chi connectivity index (χ3v) is 5.17. The number of methoxy groups -OCH3 is 2. The second kappa shape index (κ2) is 8.86. The fourth-order valence-corrected chi connectivity index (χ4v) is 3.68. The summed E-state index contributed by atoms with van der Waals surface area (Å²) < 4.78 is 10.5. The summed E-state index contributed by atoms with van der Waals surface area (Å²) in [6.45, 7) is 1.42. The summed E-state index contributed by atoms with van der Waals surface area (Å²) >= 11 is 0. The summed E-state index contributed by atoms with van der Waals surface area (Å²) in [6.07, 6.45) is 0.399. The minimum atomic E-state index is -0.912. The first kappa shape index (κ1) is 21.8. The molecule has 2 aromatic carbocycles. The van der Waals surface area contributed by atoms with Gasteiger partial charge >= 0.3 is 0 Å². The van der Waals surface area contributed by atoms with Crippen LogP contribution >= 0.6 is 0 Å². The molecule has 1 N–H and O–H groups in total. The van der Waals surface area contributed by atoms with Crippen LogP contribution in [0.25, 0.3) is 0 Å². The van der Waals surface area contributed by atoms with Crippen LogP contribution in [0, 0.1) is 10.1 Å². The average molecular weight is 426 g/mol. The molecule has 1 heterocycles. The number of nitro benzene ring substituents is 1. The zero-order valence-corrected chi connectivity index (χ0v) is 17.3. The minimum absolute atomic E-state index is 0.0715. The lowest BCUT2D eigenvalue weighted by Gasteiger charge is -2.26. The zero-order valence-electron chi connectivity index (χ0n) is 17.3. The van der Waals surface area contributed by atoms with Crippen molar-refractivity contribution < 1.29 is 29.1 Å². The summed E-state index contributed by atoms with van der Waals surface area (Å²) in [5, 5.41) is 21.5. The van der Waals surface area contributed by atoms with Crippen LogP contribution in [-0.2, 0) is 16.0 Å². The molecule has 31 heavy (non-hydrogen) atoms. The third kappa shape index (κ3) is 4.20. The number of hydrogen-bond acceptors (Lipinski definition) is 7. The van der Waals surface area contributed by atoms with E-state index in [1.807, 2.05) is 6.07 Å². The van der Waals surface area contributed by atoms with Gasteiger partial charge in [0.1, 0.15) is 0 Å². The van der Waals surface area contributed by atoms with Crippen molar-refractivity contribution in [2.45, 2.75) is 19.4 Å². The molecule has 1 amide bonds. The van der Waals surface area contributed by atoms with Crippen LogP contribution in [0.5, 0.6) is 11.5 Å². The largest absolute Gasteiger partial charge is 0.503 e. The maximum atomic E-state index is 12.8. The van der Waals surface area contributed by atoms with Crippen LogP contribution in [-0.4, -0.2) is 47.4 Å². The number of nitrogens with zero attached hydrogens (tertiary/aromatic N) is 2. The number of aliphatic hydroxyl groups excluding tert-OH is 1. The summed E-state index contributed by atoms with van der Waals surface area (Å²) in [5.41, 5.74) is 0.986. The molecule has 0 radical (unpaired) electrons. The Balaban J connectivity index is 1.94. The lowest BCUT2D eigenvalue weighted by Crippen LogP contribution is -2.33. The predicted octanol–water partition coefficient (Wildman–Crippen LogP) is 3.14. The Labute approximate surface area is 178 Å². The van der Waals surface area contributed by atoms with Crippen molar-refractivity contribution in [1.29, 1.82) is 0 Å². The van der Waals surface area contributed by atoms with E-state index < -0.39 is 28.4 Å². The van der Waals surface area contributed by atoms with Gasteiger partial charge in [0.25, 0.3) is 11.6 Å². The summed E-state index contributed by atoms with van der Waals surface area (Å²) in [4.78, 5) is 37.0. The van der Waals surface area contributed by atoms with Crippen molar-refractivity contribution in [2.24, 2.45) is 0 Å². The van der Waals surface area contributed by atoms with Crippen LogP contribution in [0.2, 0.25) is 0 Å². The molecule has 1 atom stereocenters. The van der Waals surface area contributed by atoms with Crippen LogP contribution < -0.4 is 9.47 Å². The lowest BCUT2D eigenvalue weighted by molar-refractivity contribution is -0.384. The van der Waals surface area contributed by atoms with Crippen LogP contribution in [0.1, 0.15) is 24.1 Å². The number of ether oxygens (including phenoxy) is 2. The Morgan fingerprint density at radius 2 is 1.87 bits per heavy atom.